The number of hydrogen-bond donors (Lipinski definition) is 1. The van der Waals surface area contributed by atoms with Crippen LogP contribution in [-0.4, -0.2) is 31.6 Å². The number of rotatable bonds is 7. The van der Waals surface area contributed by atoms with Crippen molar-refractivity contribution in [2.45, 2.75) is 52.0 Å². The van der Waals surface area contributed by atoms with Gasteiger partial charge in [0.2, 0.25) is 0 Å². The van der Waals surface area contributed by atoms with Gasteiger partial charge >= 0.3 is 0 Å². The lowest BCUT2D eigenvalue weighted by Crippen LogP contribution is -2.43. The SMILES string of the molecule is CCN(Cc1ccco1)CC1(CNC)CCCCCC1. The molecule has 0 unspecified atom stereocenters. The van der Waals surface area contributed by atoms with Crippen LogP contribution in [-0.2, 0) is 6.54 Å². The fraction of sp³-hybridized carbons (Fsp3) is 0.765. The molecule has 1 aromatic rings. The average molecular weight is 278 g/mol. The molecule has 0 bridgehead atoms. The quantitative estimate of drug-likeness (QED) is 0.772. The maximum absolute atomic E-state index is 5.52. The van der Waals surface area contributed by atoms with E-state index in [1.807, 2.05) is 6.07 Å². The molecule has 1 aliphatic carbocycles. The molecule has 0 atom stereocenters. The van der Waals surface area contributed by atoms with Crippen LogP contribution in [0.2, 0.25) is 0 Å². The van der Waals surface area contributed by atoms with E-state index in [2.05, 4.69) is 30.3 Å². The molecule has 1 N–H and O–H groups in total. The van der Waals surface area contributed by atoms with E-state index in [1.165, 1.54) is 45.1 Å². The normalized spacial score (nSPS) is 19.1. The van der Waals surface area contributed by atoms with Crippen molar-refractivity contribution in [1.82, 2.24) is 10.2 Å². The molecular formula is C17H30N2O. The first kappa shape index (κ1) is 15.6. The van der Waals surface area contributed by atoms with Crippen molar-refractivity contribution in [3.05, 3.63) is 24.2 Å². The number of hydrogen-bond acceptors (Lipinski definition) is 3. The van der Waals surface area contributed by atoms with E-state index in [-0.39, 0.29) is 0 Å². The van der Waals surface area contributed by atoms with E-state index >= 15 is 0 Å². The first-order valence-electron chi connectivity index (χ1n) is 8.17. The van der Waals surface area contributed by atoms with E-state index in [0.717, 1.165) is 25.4 Å². The molecule has 1 aliphatic rings. The largest absolute Gasteiger partial charge is 0.468 e. The summed E-state index contributed by atoms with van der Waals surface area (Å²) in [6.45, 7) is 6.61. The Kier molecular flexibility index (Phi) is 6.11. The van der Waals surface area contributed by atoms with Gasteiger partial charge in [0.05, 0.1) is 12.8 Å². The van der Waals surface area contributed by atoms with E-state index in [9.17, 15) is 0 Å². The zero-order valence-electron chi connectivity index (χ0n) is 13.2. The molecular weight excluding hydrogens is 248 g/mol. The Balaban J connectivity index is 2.00. The molecule has 1 fully saturated rings. The van der Waals surface area contributed by atoms with Gasteiger partial charge in [-0.2, -0.15) is 0 Å². The Morgan fingerprint density at radius 1 is 1.25 bits per heavy atom. The molecule has 1 saturated carbocycles. The van der Waals surface area contributed by atoms with Gasteiger partial charge in [0.1, 0.15) is 5.76 Å². The van der Waals surface area contributed by atoms with Crippen LogP contribution in [0.4, 0.5) is 0 Å². The van der Waals surface area contributed by atoms with Gasteiger partial charge in [-0.05, 0) is 44.0 Å². The first-order valence-corrected chi connectivity index (χ1v) is 8.17. The molecule has 114 valence electrons. The summed E-state index contributed by atoms with van der Waals surface area (Å²) >= 11 is 0. The summed E-state index contributed by atoms with van der Waals surface area (Å²) in [7, 11) is 2.09. The summed E-state index contributed by atoms with van der Waals surface area (Å²) < 4.78 is 5.52. The van der Waals surface area contributed by atoms with E-state index in [0.29, 0.717) is 5.41 Å². The van der Waals surface area contributed by atoms with Gasteiger partial charge in [-0.3, -0.25) is 4.90 Å². The van der Waals surface area contributed by atoms with Crippen LogP contribution in [0.25, 0.3) is 0 Å². The minimum Gasteiger partial charge on any atom is -0.468 e. The minimum atomic E-state index is 0.452. The van der Waals surface area contributed by atoms with Crippen LogP contribution in [0.5, 0.6) is 0 Å². The predicted octanol–water partition coefficient (Wildman–Crippen LogP) is 3.66. The Hall–Kier alpha value is -0.800. The second-order valence-corrected chi connectivity index (χ2v) is 6.33. The zero-order chi connectivity index (χ0) is 14.3. The average Bonchev–Trinajstić information content (AvgIpc) is 2.85. The van der Waals surface area contributed by atoms with Crippen LogP contribution >= 0.6 is 0 Å². The standard InChI is InChI=1S/C17H30N2O/c1-3-19(13-16-9-8-12-20-16)15-17(14-18-2)10-6-4-5-7-11-17/h8-9,12,18H,3-7,10-11,13-15H2,1-2H3. The summed E-state index contributed by atoms with van der Waals surface area (Å²) in [5.41, 5.74) is 0.452. The van der Waals surface area contributed by atoms with Crippen molar-refractivity contribution in [1.29, 1.82) is 0 Å². The molecule has 3 nitrogen and oxygen atoms in total. The molecule has 0 aliphatic heterocycles. The second kappa shape index (κ2) is 7.84. The Labute approximate surface area is 123 Å². The predicted molar refractivity (Wildman–Crippen MR) is 83.7 cm³/mol. The fourth-order valence-corrected chi connectivity index (χ4v) is 3.62. The molecule has 0 amide bonds. The highest BCUT2D eigenvalue weighted by Gasteiger charge is 2.32. The third-order valence-electron chi connectivity index (χ3n) is 4.68. The summed E-state index contributed by atoms with van der Waals surface area (Å²) in [4.78, 5) is 2.54. The zero-order valence-corrected chi connectivity index (χ0v) is 13.2. The molecule has 0 aromatic carbocycles. The monoisotopic (exact) mass is 278 g/mol. The van der Waals surface area contributed by atoms with E-state index in [1.54, 1.807) is 6.26 Å². The molecule has 2 rings (SSSR count). The van der Waals surface area contributed by atoms with Gasteiger partial charge in [0, 0.05) is 13.1 Å². The molecule has 0 spiro atoms. The Morgan fingerprint density at radius 3 is 2.55 bits per heavy atom. The third-order valence-corrected chi connectivity index (χ3v) is 4.68. The van der Waals surface area contributed by atoms with Gasteiger partial charge in [-0.25, -0.2) is 0 Å². The lowest BCUT2D eigenvalue weighted by atomic mass is 9.79. The van der Waals surface area contributed by atoms with Crippen molar-refractivity contribution in [2.75, 3.05) is 26.7 Å². The maximum atomic E-state index is 5.52. The lowest BCUT2D eigenvalue weighted by molar-refractivity contribution is 0.122. The summed E-state index contributed by atoms with van der Waals surface area (Å²) in [5, 5.41) is 3.44. The Bertz CT molecular complexity index is 353. The molecule has 0 saturated heterocycles. The van der Waals surface area contributed by atoms with Crippen LogP contribution in [0, 0.1) is 5.41 Å². The summed E-state index contributed by atoms with van der Waals surface area (Å²) in [6, 6.07) is 4.07. The van der Waals surface area contributed by atoms with Gasteiger partial charge in [0.25, 0.3) is 0 Å². The van der Waals surface area contributed by atoms with Crippen LogP contribution in [0.15, 0.2) is 22.8 Å². The molecule has 3 heteroatoms. The van der Waals surface area contributed by atoms with Gasteiger partial charge in [0.15, 0.2) is 0 Å². The Morgan fingerprint density at radius 2 is 2.00 bits per heavy atom. The summed E-state index contributed by atoms with van der Waals surface area (Å²) in [6.07, 6.45) is 10.1. The van der Waals surface area contributed by atoms with Crippen LogP contribution < -0.4 is 5.32 Å². The van der Waals surface area contributed by atoms with Gasteiger partial charge in [-0.15, -0.1) is 0 Å². The molecule has 1 heterocycles. The topological polar surface area (TPSA) is 28.4 Å². The molecule has 0 radical (unpaired) electrons. The first-order chi connectivity index (χ1) is 9.78. The van der Waals surface area contributed by atoms with Crippen molar-refractivity contribution < 1.29 is 4.42 Å². The number of nitrogens with zero attached hydrogens (tertiary/aromatic N) is 1. The van der Waals surface area contributed by atoms with Crippen molar-refractivity contribution in [2.24, 2.45) is 5.41 Å². The van der Waals surface area contributed by atoms with Gasteiger partial charge in [-0.1, -0.05) is 32.6 Å². The van der Waals surface area contributed by atoms with Crippen molar-refractivity contribution in [3.8, 4) is 0 Å². The van der Waals surface area contributed by atoms with E-state index in [4.69, 9.17) is 4.42 Å². The lowest BCUT2D eigenvalue weighted by Gasteiger charge is -2.37. The summed E-state index contributed by atoms with van der Waals surface area (Å²) in [5.74, 6) is 1.08. The molecule has 20 heavy (non-hydrogen) atoms. The maximum Gasteiger partial charge on any atom is 0.117 e. The smallest absolute Gasteiger partial charge is 0.117 e. The van der Waals surface area contributed by atoms with Gasteiger partial charge < -0.3 is 9.73 Å². The van der Waals surface area contributed by atoms with Crippen molar-refractivity contribution in [3.63, 3.8) is 0 Å². The number of furan rings is 1. The van der Waals surface area contributed by atoms with Crippen LogP contribution in [0.3, 0.4) is 0 Å². The molecule has 1 aromatic heterocycles. The highest BCUT2D eigenvalue weighted by atomic mass is 16.3. The fourth-order valence-electron chi connectivity index (χ4n) is 3.62. The second-order valence-electron chi connectivity index (χ2n) is 6.33. The highest BCUT2D eigenvalue weighted by Crippen LogP contribution is 2.35. The highest BCUT2D eigenvalue weighted by molar-refractivity contribution is 4.98. The van der Waals surface area contributed by atoms with E-state index < -0.39 is 0 Å². The minimum absolute atomic E-state index is 0.452. The van der Waals surface area contributed by atoms with Crippen molar-refractivity contribution >= 4 is 0 Å². The van der Waals surface area contributed by atoms with Crippen LogP contribution in [0.1, 0.15) is 51.2 Å². The number of nitrogens with one attached hydrogen (secondary N) is 1. The third kappa shape index (κ3) is 4.35.